The van der Waals surface area contributed by atoms with E-state index in [0.29, 0.717) is 31.7 Å². The molecule has 1 saturated heterocycles. The lowest BCUT2D eigenvalue weighted by atomic mass is 10.2. The molecule has 144 valence electrons. The molecule has 3 rings (SSSR count). The molecule has 8 heteroatoms. The van der Waals surface area contributed by atoms with Gasteiger partial charge in [-0.15, -0.1) is 0 Å². The molecule has 1 atom stereocenters. The number of pyridine rings is 1. The van der Waals surface area contributed by atoms with Crippen LogP contribution in [0.15, 0.2) is 53.6 Å². The number of carbonyl (C=O) groups is 1. The molecule has 7 nitrogen and oxygen atoms in total. The zero-order valence-corrected chi connectivity index (χ0v) is 16.2. The van der Waals surface area contributed by atoms with E-state index >= 15 is 0 Å². The second-order valence-electron chi connectivity index (χ2n) is 6.63. The molecule has 0 radical (unpaired) electrons. The Kier molecular flexibility index (Phi) is 5.88. The molecule has 1 fully saturated rings. The molecule has 1 amide bonds. The van der Waals surface area contributed by atoms with Crippen molar-refractivity contribution in [2.24, 2.45) is 0 Å². The van der Waals surface area contributed by atoms with Crippen LogP contribution in [0, 0.1) is 0 Å². The summed E-state index contributed by atoms with van der Waals surface area (Å²) < 4.78 is 33.1. The van der Waals surface area contributed by atoms with Gasteiger partial charge in [-0.25, -0.2) is 8.42 Å². The fourth-order valence-corrected chi connectivity index (χ4v) is 4.47. The molecule has 0 saturated carbocycles. The lowest BCUT2D eigenvalue weighted by Crippen LogP contribution is -2.30. The molecule has 1 aromatic carbocycles. The molecule has 2 aromatic rings. The third-order valence-electron chi connectivity index (χ3n) is 4.43. The number of sulfonamides is 1. The minimum Gasteiger partial charge on any atom is -0.371 e. The maximum Gasteiger partial charge on any atom is 0.253 e. The van der Waals surface area contributed by atoms with Crippen molar-refractivity contribution in [3.63, 3.8) is 0 Å². The molecule has 0 aliphatic carbocycles. The standard InChI is InChI=1S/C19H23N3O4S/c1-21(2)19(23)15-6-5-8-18(12-15)27(24,25)22-11-9-17(13-22)26-14-16-7-3-4-10-20-16/h3-8,10,12,17H,9,11,13-14H2,1-2H3/t17-/m0/s1. The first kappa shape index (κ1) is 19.5. The van der Waals surface area contributed by atoms with Gasteiger partial charge in [0.1, 0.15) is 0 Å². The van der Waals surface area contributed by atoms with Crippen LogP contribution in [-0.4, -0.2) is 61.8 Å². The van der Waals surface area contributed by atoms with Gasteiger partial charge in [0.05, 0.1) is 23.3 Å². The predicted octanol–water partition coefficient (Wildman–Crippen LogP) is 1.76. The highest BCUT2D eigenvalue weighted by Gasteiger charge is 2.33. The summed E-state index contributed by atoms with van der Waals surface area (Å²) >= 11 is 0. The summed E-state index contributed by atoms with van der Waals surface area (Å²) in [5, 5.41) is 0. The Morgan fingerprint density at radius 2 is 2.07 bits per heavy atom. The van der Waals surface area contributed by atoms with Gasteiger partial charge < -0.3 is 9.64 Å². The third-order valence-corrected chi connectivity index (χ3v) is 6.29. The van der Waals surface area contributed by atoms with Gasteiger partial charge in [0.15, 0.2) is 0 Å². The van der Waals surface area contributed by atoms with Gasteiger partial charge in [0.2, 0.25) is 10.0 Å². The molecule has 0 N–H and O–H groups in total. The zero-order valence-electron chi connectivity index (χ0n) is 15.4. The van der Waals surface area contributed by atoms with Crippen molar-refractivity contribution in [1.29, 1.82) is 0 Å². The van der Waals surface area contributed by atoms with Crippen molar-refractivity contribution in [3.8, 4) is 0 Å². The minimum absolute atomic E-state index is 0.126. The summed E-state index contributed by atoms with van der Waals surface area (Å²) in [6, 6.07) is 11.8. The van der Waals surface area contributed by atoms with E-state index in [0.717, 1.165) is 5.69 Å². The second-order valence-corrected chi connectivity index (χ2v) is 8.57. The van der Waals surface area contributed by atoms with Gasteiger partial charge >= 0.3 is 0 Å². The average molecular weight is 389 g/mol. The minimum atomic E-state index is -3.67. The van der Waals surface area contributed by atoms with Crippen molar-refractivity contribution >= 4 is 15.9 Å². The van der Waals surface area contributed by atoms with E-state index in [1.165, 1.54) is 21.3 Å². The smallest absolute Gasteiger partial charge is 0.253 e. The first-order valence-corrected chi connectivity index (χ1v) is 10.2. The largest absolute Gasteiger partial charge is 0.371 e. The zero-order chi connectivity index (χ0) is 19.4. The molecule has 0 unspecified atom stereocenters. The number of carbonyl (C=O) groups excluding carboxylic acids is 1. The summed E-state index contributed by atoms with van der Waals surface area (Å²) in [5.74, 6) is -0.231. The lowest BCUT2D eigenvalue weighted by Gasteiger charge is -2.18. The Morgan fingerprint density at radius 3 is 2.78 bits per heavy atom. The number of hydrogen-bond donors (Lipinski definition) is 0. The highest BCUT2D eigenvalue weighted by molar-refractivity contribution is 7.89. The summed E-state index contributed by atoms with van der Waals surface area (Å²) in [5.41, 5.74) is 1.16. The van der Waals surface area contributed by atoms with Crippen LogP contribution >= 0.6 is 0 Å². The van der Waals surface area contributed by atoms with Gasteiger partial charge in [-0.1, -0.05) is 12.1 Å². The lowest BCUT2D eigenvalue weighted by molar-refractivity contribution is 0.0489. The van der Waals surface area contributed by atoms with E-state index < -0.39 is 10.0 Å². The van der Waals surface area contributed by atoms with Gasteiger partial charge in [0, 0.05) is 38.9 Å². The van der Waals surface area contributed by atoms with Gasteiger partial charge in [-0.05, 0) is 36.8 Å². The van der Waals surface area contributed by atoms with Crippen molar-refractivity contribution in [2.75, 3.05) is 27.2 Å². The Balaban J connectivity index is 1.67. The summed E-state index contributed by atoms with van der Waals surface area (Å²) in [4.78, 5) is 17.9. The predicted molar refractivity (Wildman–Crippen MR) is 101 cm³/mol. The van der Waals surface area contributed by atoms with Crippen LogP contribution in [0.3, 0.4) is 0 Å². The number of nitrogens with zero attached hydrogens (tertiary/aromatic N) is 3. The maximum absolute atomic E-state index is 12.9. The first-order chi connectivity index (χ1) is 12.9. The molecule has 1 aliphatic heterocycles. The van der Waals surface area contributed by atoms with Crippen molar-refractivity contribution in [3.05, 3.63) is 59.9 Å². The summed E-state index contributed by atoms with van der Waals surface area (Å²) in [6.07, 6.45) is 2.16. The number of rotatable bonds is 6. The number of hydrogen-bond acceptors (Lipinski definition) is 5. The quantitative estimate of drug-likeness (QED) is 0.752. The molecular formula is C19H23N3O4S. The maximum atomic E-state index is 12.9. The van der Waals surface area contributed by atoms with Crippen LogP contribution in [0.5, 0.6) is 0 Å². The summed E-state index contributed by atoms with van der Waals surface area (Å²) in [7, 11) is -0.404. The Bertz CT molecular complexity index is 900. The molecule has 27 heavy (non-hydrogen) atoms. The van der Waals surface area contributed by atoms with Gasteiger partial charge in [0.25, 0.3) is 5.91 Å². The van der Waals surface area contributed by atoms with Crippen LogP contribution in [0.25, 0.3) is 0 Å². The van der Waals surface area contributed by atoms with Crippen LogP contribution < -0.4 is 0 Å². The van der Waals surface area contributed by atoms with Crippen molar-refractivity contribution in [2.45, 2.75) is 24.0 Å². The summed E-state index contributed by atoms with van der Waals surface area (Å²) in [6.45, 7) is 1.04. The van der Waals surface area contributed by atoms with Gasteiger partial charge in [-0.2, -0.15) is 4.31 Å². The average Bonchev–Trinajstić information content (AvgIpc) is 3.16. The molecule has 0 spiro atoms. The number of aromatic nitrogens is 1. The molecule has 1 aliphatic rings. The normalized spacial score (nSPS) is 17.8. The van der Waals surface area contributed by atoms with Crippen LogP contribution in [-0.2, 0) is 21.4 Å². The van der Waals surface area contributed by atoms with Crippen LogP contribution in [0.2, 0.25) is 0 Å². The SMILES string of the molecule is CN(C)C(=O)c1cccc(S(=O)(=O)N2CC[C@H](OCc3ccccn3)C2)c1. The van der Waals surface area contributed by atoms with Gasteiger partial charge in [-0.3, -0.25) is 9.78 Å². The monoisotopic (exact) mass is 389 g/mol. The van der Waals surface area contributed by atoms with E-state index in [-0.39, 0.29) is 16.9 Å². The molecule has 2 heterocycles. The highest BCUT2D eigenvalue weighted by atomic mass is 32.2. The van der Waals surface area contributed by atoms with Crippen molar-refractivity contribution in [1.82, 2.24) is 14.2 Å². The number of ether oxygens (including phenoxy) is 1. The van der Waals surface area contributed by atoms with E-state index in [2.05, 4.69) is 4.98 Å². The Morgan fingerprint density at radius 1 is 1.26 bits per heavy atom. The van der Waals surface area contributed by atoms with Crippen molar-refractivity contribution < 1.29 is 17.9 Å². The van der Waals surface area contributed by atoms with E-state index in [1.807, 2.05) is 18.2 Å². The van der Waals surface area contributed by atoms with E-state index in [9.17, 15) is 13.2 Å². The van der Waals surface area contributed by atoms with E-state index in [4.69, 9.17) is 4.74 Å². The van der Waals surface area contributed by atoms with E-state index in [1.54, 1.807) is 32.4 Å². The van der Waals surface area contributed by atoms with Crippen LogP contribution in [0.1, 0.15) is 22.5 Å². The molecular weight excluding hydrogens is 366 g/mol. The second kappa shape index (κ2) is 8.16. The van der Waals surface area contributed by atoms with Crippen LogP contribution in [0.4, 0.5) is 0 Å². The third kappa shape index (κ3) is 4.52. The Hall–Kier alpha value is -2.29. The number of amides is 1. The Labute approximate surface area is 159 Å². The fraction of sp³-hybridized carbons (Fsp3) is 0.368. The number of benzene rings is 1. The molecule has 1 aromatic heterocycles. The topological polar surface area (TPSA) is 79.8 Å². The fourth-order valence-electron chi connectivity index (χ4n) is 2.94. The highest BCUT2D eigenvalue weighted by Crippen LogP contribution is 2.24. The molecule has 0 bridgehead atoms. The first-order valence-electron chi connectivity index (χ1n) is 8.71.